The first-order valence-corrected chi connectivity index (χ1v) is 9.25. The summed E-state index contributed by atoms with van der Waals surface area (Å²) in [5, 5.41) is 6.22. The minimum Gasteiger partial charge on any atom is -0.352 e. The van der Waals surface area contributed by atoms with Gasteiger partial charge in [-0.25, -0.2) is 0 Å². The first-order valence-electron chi connectivity index (χ1n) is 7.15. The predicted octanol–water partition coefficient (Wildman–Crippen LogP) is 2.93. The Morgan fingerprint density at radius 3 is 2.43 bits per heavy atom. The standard InChI is InChI=1S/C15H20N2OS2.ClH/c18-14(17-10-11-8-16-9-11)12-2-4-13(5-3-12)15-19-6-1-7-20-15;/h2-5,11,15-16H,1,6-10H2,(H,17,18);1H. The molecule has 2 aliphatic rings. The first-order chi connectivity index (χ1) is 9.83. The summed E-state index contributed by atoms with van der Waals surface area (Å²) in [5.74, 6) is 3.14. The van der Waals surface area contributed by atoms with Gasteiger partial charge in [0.25, 0.3) is 5.91 Å². The Labute approximate surface area is 140 Å². The molecule has 0 saturated carbocycles. The van der Waals surface area contributed by atoms with Crippen LogP contribution in [0.25, 0.3) is 0 Å². The smallest absolute Gasteiger partial charge is 0.251 e. The number of hydrogen-bond acceptors (Lipinski definition) is 4. The van der Waals surface area contributed by atoms with E-state index in [1.54, 1.807) is 0 Å². The molecule has 0 radical (unpaired) electrons. The minimum absolute atomic E-state index is 0. The molecular weight excluding hydrogens is 324 g/mol. The highest BCUT2D eigenvalue weighted by Gasteiger charge is 2.19. The van der Waals surface area contributed by atoms with E-state index in [4.69, 9.17) is 0 Å². The lowest BCUT2D eigenvalue weighted by molar-refractivity contribution is 0.0942. The monoisotopic (exact) mass is 344 g/mol. The normalized spacial score (nSPS) is 19.4. The fourth-order valence-electron chi connectivity index (χ4n) is 2.30. The van der Waals surface area contributed by atoms with E-state index in [1.165, 1.54) is 23.5 Å². The Kier molecular flexibility index (Phi) is 6.74. The Morgan fingerprint density at radius 1 is 1.19 bits per heavy atom. The largest absolute Gasteiger partial charge is 0.352 e. The highest BCUT2D eigenvalue weighted by molar-refractivity contribution is 8.16. The maximum Gasteiger partial charge on any atom is 0.251 e. The molecule has 2 heterocycles. The van der Waals surface area contributed by atoms with Crippen LogP contribution in [-0.4, -0.2) is 37.0 Å². The molecule has 6 heteroatoms. The van der Waals surface area contributed by atoms with Crippen molar-refractivity contribution in [1.82, 2.24) is 10.6 Å². The summed E-state index contributed by atoms with van der Waals surface area (Å²) in [6, 6.07) is 8.13. The summed E-state index contributed by atoms with van der Waals surface area (Å²) in [6.45, 7) is 2.83. The van der Waals surface area contributed by atoms with E-state index in [0.717, 1.165) is 25.2 Å². The van der Waals surface area contributed by atoms with Crippen molar-refractivity contribution in [3.05, 3.63) is 35.4 Å². The van der Waals surface area contributed by atoms with Crippen molar-refractivity contribution in [2.45, 2.75) is 11.0 Å². The van der Waals surface area contributed by atoms with E-state index in [2.05, 4.69) is 22.8 Å². The van der Waals surface area contributed by atoms with Gasteiger partial charge in [-0.3, -0.25) is 4.79 Å². The highest BCUT2D eigenvalue weighted by Crippen LogP contribution is 2.43. The topological polar surface area (TPSA) is 41.1 Å². The average molecular weight is 345 g/mol. The quantitative estimate of drug-likeness (QED) is 0.881. The van der Waals surface area contributed by atoms with Gasteiger partial charge >= 0.3 is 0 Å². The van der Waals surface area contributed by atoms with Crippen LogP contribution >= 0.6 is 35.9 Å². The number of thioether (sulfide) groups is 2. The zero-order valence-corrected chi connectivity index (χ0v) is 14.3. The molecule has 0 unspecified atom stereocenters. The number of halogens is 1. The second-order valence-corrected chi connectivity index (χ2v) is 8.01. The van der Waals surface area contributed by atoms with E-state index in [-0.39, 0.29) is 18.3 Å². The van der Waals surface area contributed by atoms with Gasteiger partial charge in [-0.05, 0) is 35.6 Å². The van der Waals surface area contributed by atoms with E-state index in [0.29, 0.717) is 10.5 Å². The Hall–Kier alpha value is -0.360. The number of amides is 1. The lowest BCUT2D eigenvalue weighted by Crippen LogP contribution is -2.48. The summed E-state index contributed by atoms with van der Waals surface area (Å²) >= 11 is 4.02. The fraction of sp³-hybridized carbons (Fsp3) is 0.533. The van der Waals surface area contributed by atoms with Crippen molar-refractivity contribution < 1.29 is 4.79 Å². The van der Waals surface area contributed by atoms with Crippen LogP contribution in [0.2, 0.25) is 0 Å². The molecule has 116 valence electrons. The highest BCUT2D eigenvalue weighted by atomic mass is 35.5. The SMILES string of the molecule is Cl.O=C(NCC1CNC1)c1ccc(C2SCCCS2)cc1. The van der Waals surface area contributed by atoms with Gasteiger partial charge in [0.15, 0.2) is 0 Å². The van der Waals surface area contributed by atoms with Gasteiger partial charge in [0.2, 0.25) is 0 Å². The number of benzene rings is 1. The van der Waals surface area contributed by atoms with E-state index in [9.17, 15) is 4.79 Å². The molecule has 21 heavy (non-hydrogen) atoms. The average Bonchev–Trinajstić information content (AvgIpc) is 2.46. The summed E-state index contributed by atoms with van der Waals surface area (Å²) in [7, 11) is 0. The molecular formula is C15H21ClN2OS2. The van der Waals surface area contributed by atoms with Crippen molar-refractivity contribution in [3.8, 4) is 0 Å². The molecule has 0 spiro atoms. The molecule has 0 bridgehead atoms. The van der Waals surface area contributed by atoms with E-state index >= 15 is 0 Å². The lowest BCUT2D eigenvalue weighted by Gasteiger charge is -2.27. The first kappa shape index (κ1) is 17.0. The maximum atomic E-state index is 12.0. The molecule has 0 atom stereocenters. The van der Waals surface area contributed by atoms with Gasteiger partial charge in [-0.15, -0.1) is 35.9 Å². The lowest BCUT2D eigenvalue weighted by atomic mass is 10.0. The van der Waals surface area contributed by atoms with Crippen LogP contribution < -0.4 is 10.6 Å². The van der Waals surface area contributed by atoms with Crippen LogP contribution in [0, 0.1) is 5.92 Å². The van der Waals surface area contributed by atoms with Gasteiger partial charge in [-0.1, -0.05) is 12.1 Å². The van der Waals surface area contributed by atoms with Crippen molar-refractivity contribution >= 4 is 41.8 Å². The summed E-state index contributed by atoms with van der Waals surface area (Å²) in [4.78, 5) is 12.0. The van der Waals surface area contributed by atoms with Crippen LogP contribution in [0.15, 0.2) is 24.3 Å². The van der Waals surface area contributed by atoms with E-state index < -0.39 is 0 Å². The Balaban J connectivity index is 0.00000161. The zero-order valence-electron chi connectivity index (χ0n) is 11.8. The third kappa shape index (κ3) is 4.55. The molecule has 0 aromatic heterocycles. The van der Waals surface area contributed by atoms with E-state index in [1.807, 2.05) is 35.7 Å². The molecule has 2 N–H and O–H groups in total. The van der Waals surface area contributed by atoms with Crippen molar-refractivity contribution in [1.29, 1.82) is 0 Å². The van der Waals surface area contributed by atoms with Crippen molar-refractivity contribution in [2.75, 3.05) is 31.1 Å². The van der Waals surface area contributed by atoms with Crippen molar-refractivity contribution in [3.63, 3.8) is 0 Å². The number of hydrogen-bond donors (Lipinski definition) is 2. The molecule has 0 aliphatic carbocycles. The molecule has 2 aliphatic heterocycles. The van der Waals surface area contributed by atoms with Gasteiger partial charge < -0.3 is 10.6 Å². The number of nitrogens with one attached hydrogen (secondary N) is 2. The zero-order chi connectivity index (χ0) is 13.8. The van der Waals surface area contributed by atoms with Crippen LogP contribution in [0.4, 0.5) is 0 Å². The molecule has 2 fully saturated rings. The van der Waals surface area contributed by atoms with Gasteiger partial charge in [0.1, 0.15) is 0 Å². The Morgan fingerprint density at radius 2 is 1.86 bits per heavy atom. The molecule has 1 amide bonds. The third-order valence-corrected chi connectivity index (χ3v) is 6.70. The third-order valence-electron chi connectivity index (χ3n) is 3.69. The maximum absolute atomic E-state index is 12.0. The number of carbonyl (C=O) groups is 1. The van der Waals surface area contributed by atoms with Crippen LogP contribution in [-0.2, 0) is 0 Å². The molecule has 3 nitrogen and oxygen atoms in total. The fourth-order valence-corrected chi connectivity index (χ4v) is 5.20. The predicted molar refractivity (Wildman–Crippen MR) is 94.7 cm³/mol. The summed E-state index contributed by atoms with van der Waals surface area (Å²) < 4.78 is 0.543. The van der Waals surface area contributed by atoms with Gasteiger partial charge in [-0.2, -0.15) is 0 Å². The molecule has 1 aromatic rings. The molecule has 2 saturated heterocycles. The van der Waals surface area contributed by atoms with Crippen LogP contribution in [0.5, 0.6) is 0 Å². The Bertz CT molecular complexity index is 459. The minimum atomic E-state index is 0. The number of carbonyl (C=O) groups excluding carboxylic acids is 1. The summed E-state index contributed by atoms with van der Waals surface area (Å²) in [5.41, 5.74) is 2.10. The van der Waals surface area contributed by atoms with Crippen LogP contribution in [0.3, 0.4) is 0 Å². The van der Waals surface area contributed by atoms with Gasteiger partial charge in [0, 0.05) is 31.1 Å². The van der Waals surface area contributed by atoms with Crippen LogP contribution in [0.1, 0.15) is 26.9 Å². The molecule has 1 aromatic carbocycles. The number of rotatable bonds is 4. The summed E-state index contributed by atoms with van der Waals surface area (Å²) in [6.07, 6.45) is 1.31. The molecule has 3 rings (SSSR count). The van der Waals surface area contributed by atoms with Crippen molar-refractivity contribution in [2.24, 2.45) is 5.92 Å². The van der Waals surface area contributed by atoms with Gasteiger partial charge in [0.05, 0.1) is 4.58 Å². The second-order valence-electron chi connectivity index (χ2n) is 5.28. The second kappa shape index (κ2) is 8.32.